The Morgan fingerprint density at radius 2 is 2.00 bits per heavy atom. The Bertz CT molecular complexity index is 263. The van der Waals surface area contributed by atoms with Crippen molar-refractivity contribution >= 4 is 5.91 Å². The van der Waals surface area contributed by atoms with E-state index in [9.17, 15) is 4.79 Å². The second kappa shape index (κ2) is 5.83. The van der Waals surface area contributed by atoms with Crippen molar-refractivity contribution in [1.29, 1.82) is 0 Å². The van der Waals surface area contributed by atoms with E-state index in [0.717, 1.165) is 44.3 Å². The Kier molecular flexibility index (Phi) is 4.40. The zero-order chi connectivity index (χ0) is 12.3. The van der Waals surface area contributed by atoms with Crippen LogP contribution in [-0.2, 0) is 4.79 Å². The van der Waals surface area contributed by atoms with Crippen molar-refractivity contribution in [3.63, 3.8) is 0 Å². The fraction of sp³-hybridized carbons (Fsp3) is 0.923. The molecule has 2 aliphatic rings. The first-order chi connectivity index (χ1) is 8.16. The molecule has 1 heterocycles. The summed E-state index contributed by atoms with van der Waals surface area (Å²) in [5, 5.41) is 9.70. The first-order valence-corrected chi connectivity index (χ1v) is 6.91. The largest absolute Gasteiger partial charge is 0.352 e. The van der Waals surface area contributed by atoms with E-state index in [1.807, 2.05) is 0 Å². The van der Waals surface area contributed by atoms with Gasteiger partial charge in [0.25, 0.3) is 0 Å². The average molecular weight is 239 g/mol. The van der Waals surface area contributed by atoms with E-state index < -0.39 is 0 Å². The van der Waals surface area contributed by atoms with Crippen LogP contribution in [0.4, 0.5) is 0 Å². The molecule has 2 fully saturated rings. The van der Waals surface area contributed by atoms with Crippen LogP contribution in [-0.4, -0.2) is 37.6 Å². The lowest BCUT2D eigenvalue weighted by molar-refractivity contribution is -0.124. The van der Waals surface area contributed by atoms with Crippen molar-refractivity contribution in [2.24, 2.45) is 11.8 Å². The predicted molar refractivity (Wildman–Crippen MR) is 68.8 cm³/mol. The SMILES string of the molecule is CC1CCC(NC(=O)C2CNCCN2)CC1C. The Balaban J connectivity index is 1.78. The predicted octanol–water partition coefficient (Wildman–Crippen LogP) is 0.489. The van der Waals surface area contributed by atoms with Gasteiger partial charge in [0.2, 0.25) is 5.91 Å². The maximum Gasteiger partial charge on any atom is 0.238 e. The molecule has 4 heteroatoms. The van der Waals surface area contributed by atoms with E-state index >= 15 is 0 Å². The Labute approximate surface area is 104 Å². The summed E-state index contributed by atoms with van der Waals surface area (Å²) in [6.45, 7) is 7.21. The van der Waals surface area contributed by atoms with Gasteiger partial charge in [-0.25, -0.2) is 0 Å². The van der Waals surface area contributed by atoms with Crippen LogP contribution >= 0.6 is 0 Å². The van der Waals surface area contributed by atoms with Gasteiger partial charge in [0.05, 0.1) is 6.04 Å². The third-order valence-electron chi connectivity index (χ3n) is 4.30. The molecule has 98 valence electrons. The lowest BCUT2D eigenvalue weighted by Crippen LogP contribution is -2.57. The first-order valence-electron chi connectivity index (χ1n) is 6.91. The van der Waals surface area contributed by atoms with Crippen LogP contribution in [0.25, 0.3) is 0 Å². The quantitative estimate of drug-likeness (QED) is 0.657. The van der Waals surface area contributed by atoms with Crippen molar-refractivity contribution in [3.05, 3.63) is 0 Å². The van der Waals surface area contributed by atoms with Crippen LogP contribution < -0.4 is 16.0 Å². The van der Waals surface area contributed by atoms with Gasteiger partial charge in [0, 0.05) is 25.7 Å². The third kappa shape index (κ3) is 3.42. The summed E-state index contributed by atoms with van der Waals surface area (Å²) in [6.07, 6.45) is 3.51. The number of amides is 1. The molecule has 1 amide bonds. The number of carbonyl (C=O) groups excluding carboxylic acids is 1. The molecule has 17 heavy (non-hydrogen) atoms. The molecule has 0 spiro atoms. The molecular weight excluding hydrogens is 214 g/mol. The molecule has 0 bridgehead atoms. The van der Waals surface area contributed by atoms with Gasteiger partial charge in [-0.3, -0.25) is 4.79 Å². The van der Waals surface area contributed by atoms with Gasteiger partial charge in [-0.05, 0) is 31.1 Å². The highest BCUT2D eigenvalue weighted by atomic mass is 16.2. The normalized spacial score (nSPS) is 38.7. The van der Waals surface area contributed by atoms with E-state index in [2.05, 4.69) is 29.8 Å². The molecule has 4 atom stereocenters. The molecule has 0 aromatic rings. The van der Waals surface area contributed by atoms with Gasteiger partial charge in [-0.15, -0.1) is 0 Å². The smallest absolute Gasteiger partial charge is 0.238 e. The van der Waals surface area contributed by atoms with Gasteiger partial charge >= 0.3 is 0 Å². The van der Waals surface area contributed by atoms with Gasteiger partial charge in [-0.2, -0.15) is 0 Å². The standard InChI is InChI=1S/C13H25N3O/c1-9-3-4-11(7-10(9)2)16-13(17)12-8-14-5-6-15-12/h9-12,14-15H,3-8H2,1-2H3,(H,16,17). The number of piperazine rings is 1. The maximum absolute atomic E-state index is 12.0. The van der Waals surface area contributed by atoms with Crippen LogP contribution in [0.1, 0.15) is 33.1 Å². The van der Waals surface area contributed by atoms with Gasteiger partial charge in [0.1, 0.15) is 0 Å². The Morgan fingerprint density at radius 3 is 2.65 bits per heavy atom. The van der Waals surface area contributed by atoms with E-state index in [-0.39, 0.29) is 11.9 Å². The van der Waals surface area contributed by atoms with E-state index in [0.29, 0.717) is 6.04 Å². The lowest BCUT2D eigenvalue weighted by Gasteiger charge is -2.34. The maximum atomic E-state index is 12.0. The van der Waals surface area contributed by atoms with Crippen molar-refractivity contribution < 1.29 is 4.79 Å². The monoisotopic (exact) mass is 239 g/mol. The van der Waals surface area contributed by atoms with Crippen molar-refractivity contribution in [1.82, 2.24) is 16.0 Å². The summed E-state index contributed by atoms with van der Waals surface area (Å²) in [4.78, 5) is 12.0. The molecule has 1 aliphatic carbocycles. The number of hydrogen-bond acceptors (Lipinski definition) is 3. The van der Waals surface area contributed by atoms with Gasteiger partial charge in [0.15, 0.2) is 0 Å². The van der Waals surface area contributed by atoms with Crippen LogP contribution in [0.3, 0.4) is 0 Å². The topological polar surface area (TPSA) is 53.2 Å². The summed E-state index contributed by atoms with van der Waals surface area (Å²) >= 11 is 0. The second-order valence-corrected chi connectivity index (χ2v) is 5.68. The van der Waals surface area contributed by atoms with Gasteiger partial charge < -0.3 is 16.0 Å². The number of rotatable bonds is 2. The molecular formula is C13H25N3O. The zero-order valence-corrected chi connectivity index (χ0v) is 11.0. The minimum Gasteiger partial charge on any atom is -0.352 e. The van der Waals surface area contributed by atoms with Crippen LogP contribution in [0.15, 0.2) is 0 Å². The first kappa shape index (κ1) is 12.8. The highest BCUT2D eigenvalue weighted by molar-refractivity contribution is 5.82. The van der Waals surface area contributed by atoms with Crippen LogP contribution in [0.5, 0.6) is 0 Å². The molecule has 2 rings (SSSR count). The molecule has 0 radical (unpaired) electrons. The molecule has 1 aliphatic heterocycles. The molecule has 0 aromatic heterocycles. The van der Waals surface area contributed by atoms with Crippen molar-refractivity contribution in [2.45, 2.75) is 45.2 Å². The molecule has 1 saturated heterocycles. The van der Waals surface area contributed by atoms with Crippen LogP contribution in [0.2, 0.25) is 0 Å². The minimum atomic E-state index is -0.0431. The molecule has 1 saturated carbocycles. The number of carbonyl (C=O) groups is 1. The third-order valence-corrected chi connectivity index (χ3v) is 4.30. The van der Waals surface area contributed by atoms with E-state index in [4.69, 9.17) is 0 Å². The number of hydrogen-bond donors (Lipinski definition) is 3. The second-order valence-electron chi connectivity index (χ2n) is 5.68. The Hall–Kier alpha value is -0.610. The molecule has 3 N–H and O–H groups in total. The van der Waals surface area contributed by atoms with Crippen molar-refractivity contribution in [2.75, 3.05) is 19.6 Å². The summed E-state index contributed by atoms with van der Waals surface area (Å²) in [5.74, 6) is 1.70. The summed E-state index contributed by atoms with van der Waals surface area (Å²) in [7, 11) is 0. The van der Waals surface area contributed by atoms with Gasteiger partial charge in [-0.1, -0.05) is 13.8 Å². The fourth-order valence-electron chi connectivity index (χ4n) is 2.82. The average Bonchev–Trinajstić information content (AvgIpc) is 2.35. The van der Waals surface area contributed by atoms with Crippen molar-refractivity contribution in [3.8, 4) is 0 Å². The number of nitrogens with one attached hydrogen (secondary N) is 3. The minimum absolute atomic E-state index is 0.0431. The summed E-state index contributed by atoms with van der Waals surface area (Å²) in [5.41, 5.74) is 0. The molecule has 4 nitrogen and oxygen atoms in total. The highest BCUT2D eigenvalue weighted by Gasteiger charge is 2.28. The van der Waals surface area contributed by atoms with E-state index in [1.165, 1.54) is 6.42 Å². The summed E-state index contributed by atoms with van der Waals surface area (Å²) in [6, 6.07) is 0.343. The lowest BCUT2D eigenvalue weighted by atomic mass is 9.79. The van der Waals surface area contributed by atoms with E-state index in [1.54, 1.807) is 0 Å². The highest BCUT2D eigenvalue weighted by Crippen LogP contribution is 2.29. The molecule has 0 aromatic carbocycles. The van der Waals surface area contributed by atoms with Crippen LogP contribution in [0, 0.1) is 11.8 Å². The molecule has 4 unspecified atom stereocenters. The fourth-order valence-corrected chi connectivity index (χ4v) is 2.82. The Morgan fingerprint density at radius 1 is 1.18 bits per heavy atom. The zero-order valence-electron chi connectivity index (χ0n) is 11.0. The summed E-state index contributed by atoms with van der Waals surface area (Å²) < 4.78 is 0.